The summed E-state index contributed by atoms with van der Waals surface area (Å²) >= 11 is 0. The van der Waals surface area contributed by atoms with Crippen molar-refractivity contribution in [2.75, 3.05) is 20.1 Å². The fourth-order valence-electron chi connectivity index (χ4n) is 3.35. The van der Waals surface area contributed by atoms with Crippen LogP contribution in [0, 0.1) is 11.8 Å². The number of unbranched alkanes of at least 4 members (excludes halogenated alkanes) is 1. The van der Waals surface area contributed by atoms with E-state index in [1.165, 1.54) is 43.4 Å². The monoisotopic (exact) mass is 294 g/mol. The van der Waals surface area contributed by atoms with Gasteiger partial charge in [0.25, 0.3) is 5.91 Å². The lowest BCUT2D eigenvalue weighted by Gasteiger charge is -2.21. The van der Waals surface area contributed by atoms with Crippen molar-refractivity contribution in [3.8, 4) is 0 Å². The van der Waals surface area contributed by atoms with E-state index in [0.717, 1.165) is 18.8 Å². The number of nitrogens with one attached hydrogen (secondary N) is 1. The highest BCUT2D eigenvalue weighted by Crippen LogP contribution is 2.27. The van der Waals surface area contributed by atoms with E-state index < -0.39 is 17.6 Å². The van der Waals surface area contributed by atoms with Crippen molar-refractivity contribution in [3.63, 3.8) is 0 Å². The third-order valence-corrected chi connectivity index (χ3v) is 4.71. The van der Waals surface area contributed by atoms with Crippen molar-refractivity contribution < 1.29 is 14.4 Å². The number of nitrogens with zero attached hydrogens (tertiary/aromatic N) is 1. The van der Waals surface area contributed by atoms with Crippen LogP contribution in [0.1, 0.15) is 51.4 Å². The van der Waals surface area contributed by atoms with E-state index in [4.69, 9.17) is 0 Å². The van der Waals surface area contributed by atoms with Gasteiger partial charge in [-0.15, -0.1) is 0 Å². The Balaban J connectivity index is 1.59. The SMILES string of the molecule is CN1CC(C(=O)NCCCCC2CCCCC2)C(=O)C1=O. The van der Waals surface area contributed by atoms with E-state index in [2.05, 4.69) is 5.32 Å². The summed E-state index contributed by atoms with van der Waals surface area (Å²) in [5.74, 6) is -1.35. The molecule has 1 saturated heterocycles. The summed E-state index contributed by atoms with van der Waals surface area (Å²) in [5.41, 5.74) is 0. The summed E-state index contributed by atoms with van der Waals surface area (Å²) in [7, 11) is 1.55. The molecule has 0 bridgehead atoms. The molecule has 0 radical (unpaired) electrons. The van der Waals surface area contributed by atoms with Crippen molar-refractivity contribution >= 4 is 17.6 Å². The lowest BCUT2D eigenvalue weighted by atomic mass is 9.86. The zero-order valence-corrected chi connectivity index (χ0v) is 12.9. The molecule has 21 heavy (non-hydrogen) atoms. The Morgan fingerprint density at radius 3 is 2.52 bits per heavy atom. The number of hydrogen-bond donors (Lipinski definition) is 1. The summed E-state index contributed by atoms with van der Waals surface area (Å²) in [6.07, 6.45) is 10.2. The average molecular weight is 294 g/mol. The third kappa shape index (κ3) is 4.29. The first-order valence-electron chi connectivity index (χ1n) is 8.16. The summed E-state index contributed by atoms with van der Waals surface area (Å²) in [5, 5.41) is 2.80. The first kappa shape index (κ1) is 16.0. The van der Waals surface area contributed by atoms with Gasteiger partial charge in [-0.25, -0.2) is 0 Å². The van der Waals surface area contributed by atoms with E-state index in [0.29, 0.717) is 6.54 Å². The molecule has 0 aromatic rings. The third-order valence-electron chi connectivity index (χ3n) is 4.71. The fourth-order valence-corrected chi connectivity index (χ4v) is 3.35. The van der Waals surface area contributed by atoms with Crippen LogP contribution in [0.25, 0.3) is 0 Å². The van der Waals surface area contributed by atoms with E-state index >= 15 is 0 Å². The normalized spacial score (nSPS) is 23.7. The molecule has 2 amide bonds. The Bertz CT molecular complexity index is 402. The summed E-state index contributed by atoms with van der Waals surface area (Å²) < 4.78 is 0. The number of amides is 2. The van der Waals surface area contributed by atoms with E-state index in [1.54, 1.807) is 7.05 Å². The van der Waals surface area contributed by atoms with E-state index in [9.17, 15) is 14.4 Å². The van der Waals surface area contributed by atoms with Crippen LogP contribution >= 0.6 is 0 Å². The molecule has 1 aliphatic carbocycles. The van der Waals surface area contributed by atoms with Gasteiger partial charge in [-0.05, 0) is 12.3 Å². The average Bonchev–Trinajstić information content (AvgIpc) is 2.75. The highest BCUT2D eigenvalue weighted by molar-refractivity contribution is 6.42. The molecule has 5 heteroatoms. The van der Waals surface area contributed by atoms with Crippen LogP contribution in [-0.4, -0.2) is 42.6 Å². The van der Waals surface area contributed by atoms with Gasteiger partial charge >= 0.3 is 0 Å². The number of hydrogen-bond acceptors (Lipinski definition) is 3. The number of carbonyl (C=O) groups is 3. The molecule has 0 aromatic heterocycles. The minimum Gasteiger partial charge on any atom is -0.355 e. The Morgan fingerprint density at radius 2 is 1.90 bits per heavy atom. The molecule has 2 aliphatic rings. The maximum absolute atomic E-state index is 11.9. The number of carbonyl (C=O) groups excluding carboxylic acids is 3. The highest BCUT2D eigenvalue weighted by atomic mass is 16.2. The predicted molar refractivity (Wildman–Crippen MR) is 79.6 cm³/mol. The molecule has 1 unspecified atom stereocenters. The van der Waals surface area contributed by atoms with Gasteiger partial charge in [0.2, 0.25) is 11.7 Å². The second-order valence-electron chi connectivity index (χ2n) is 6.39. The second-order valence-corrected chi connectivity index (χ2v) is 6.39. The number of ketones is 1. The maximum atomic E-state index is 11.9. The fraction of sp³-hybridized carbons (Fsp3) is 0.812. The molecule has 2 fully saturated rings. The summed E-state index contributed by atoms with van der Waals surface area (Å²) in [6, 6.07) is 0. The molecular formula is C16H26N2O3. The van der Waals surface area contributed by atoms with Crippen LogP contribution in [0.2, 0.25) is 0 Å². The number of Topliss-reactive ketones (excluding diaryl/α,β-unsaturated/α-hetero) is 1. The molecule has 1 saturated carbocycles. The molecule has 1 atom stereocenters. The molecule has 1 heterocycles. The zero-order valence-electron chi connectivity index (χ0n) is 12.9. The number of likely N-dealkylation sites (N-methyl/N-ethyl adjacent to an activating group) is 1. The van der Waals surface area contributed by atoms with Crippen LogP contribution < -0.4 is 5.32 Å². The standard InChI is InChI=1S/C16H26N2O3/c1-18-11-13(14(19)16(18)21)15(20)17-10-6-5-9-12-7-3-2-4-8-12/h12-13H,2-11H2,1H3,(H,17,20). The smallest absolute Gasteiger partial charge is 0.290 e. The largest absolute Gasteiger partial charge is 0.355 e. The van der Waals surface area contributed by atoms with Crippen LogP contribution in [0.3, 0.4) is 0 Å². The van der Waals surface area contributed by atoms with Gasteiger partial charge in [-0.1, -0.05) is 44.9 Å². The van der Waals surface area contributed by atoms with Crippen molar-refractivity contribution in [1.82, 2.24) is 10.2 Å². The van der Waals surface area contributed by atoms with Gasteiger partial charge in [0.1, 0.15) is 5.92 Å². The second kappa shape index (κ2) is 7.57. The minimum absolute atomic E-state index is 0.214. The van der Waals surface area contributed by atoms with Crippen LogP contribution in [0.5, 0.6) is 0 Å². The topological polar surface area (TPSA) is 66.5 Å². The lowest BCUT2D eigenvalue weighted by molar-refractivity contribution is -0.142. The Hall–Kier alpha value is -1.39. The first-order chi connectivity index (χ1) is 10.1. The quantitative estimate of drug-likeness (QED) is 0.459. The number of rotatable bonds is 6. The molecule has 1 N–H and O–H groups in total. The minimum atomic E-state index is -0.805. The van der Waals surface area contributed by atoms with Crippen LogP contribution in [-0.2, 0) is 14.4 Å². The van der Waals surface area contributed by atoms with Crippen molar-refractivity contribution in [1.29, 1.82) is 0 Å². The Morgan fingerprint density at radius 1 is 1.19 bits per heavy atom. The van der Waals surface area contributed by atoms with Gasteiger partial charge < -0.3 is 10.2 Å². The van der Waals surface area contributed by atoms with Gasteiger partial charge in [-0.2, -0.15) is 0 Å². The Labute approximate surface area is 126 Å². The van der Waals surface area contributed by atoms with Crippen LogP contribution in [0.4, 0.5) is 0 Å². The van der Waals surface area contributed by atoms with Crippen molar-refractivity contribution in [2.45, 2.75) is 51.4 Å². The molecular weight excluding hydrogens is 268 g/mol. The Kier molecular flexibility index (Phi) is 5.76. The maximum Gasteiger partial charge on any atom is 0.290 e. The molecule has 118 valence electrons. The van der Waals surface area contributed by atoms with Crippen LogP contribution in [0.15, 0.2) is 0 Å². The van der Waals surface area contributed by atoms with E-state index in [1.807, 2.05) is 0 Å². The van der Waals surface area contributed by atoms with E-state index in [-0.39, 0.29) is 12.5 Å². The van der Waals surface area contributed by atoms with Gasteiger partial charge in [0.15, 0.2) is 0 Å². The van der Waals surface area contributed by atoms with Crippen molar-refractivity contribution in [2.24, 2.45) is 11.8 Å². The van der Waals surface area contributed by atoms with Gasteiger partial charge in [0.05, 0.1) is 0 Å². The molecule has 1 aliphatic heterocycles. The number of likely N-dealkylation sites (tertiary alicyclic amines) is 1. The van der Waals surface area contributed by atoms with Gasteiger partial charge in [-0.3, -0.25) is 14.4 Å². The predicted octanol–water partition coefficient (Wildman–Crippen LogP) is 1.51. The molecule has 5 nitrogen and oxygen atoms in total. The molecule has 0 spiro atoms. The molecule has 2 rings (SSSR count). The first-order valence-corrected chi connectivity index (χ1v) is 8.16. The summed E-state index contributed by atoms with van der Waals surface area (Å²) in [4.78, 5) is 36.2. The zero-order chi connectivity index (χ0) is 15.2. The van der Waals surface area contributed by atoms with Crippen molar-refractivity contribution in [3.05, 3.63) is 0 Å². The summed E-state index contributed by atoms with van der Waals surface area (Å²) in [6.45, 7) is 0.818. The van der Waals surface area contributed by atoms with Gasteiger partial charge in [0, 0.05) is 20.1 Å². The highest BCUT2D eigenvalue weighted by Gasteiger charge is 2.41. The lowest BCUT2D eigenvalue weighted by Crippen LogP contribution is -2.36. The molecule has 0 aromatic carbocycles.